The number of amides is 2. The summed E-state index contributed by atoms with van der Waals surface area (Å²) >= 11 is 4.08. The molecule has 0 bridgehead atoms. The van der Waals surface area contributed by atoms with E-state index in [0.717, 1.165) is 37.9 Å². The minimum atomic E-state index is -0.180. The molecule has 3 aromatic rings. The van der Waals surface area contributed by atoms with Gasteiger partial charge in [-0.1, -0.05) is 53.4 Å². The predicted octanol–water partition coefficient (Wildman–Crippen LogP) is 4.73. The van der Waals surface area contributed by atoms with Crippen LogP contribution in [-0.2, 0) is 11.2 Å². The van der Waals surface area contributed by atoms with Crippen LogP contribution in [0.3, 0.4) is 0 Å². The maximum atomic E-state index is 12.6. The molecule has 1 saturated heterocycles. The number of thiophene rings is 1. The van der Waals surface area contributed by atoms with Gasteiger partial charge in [0, 0.05) is 13.1 Å². The molecule has 9 heteroatoms. The van der Waals surface area contributed by atoms with E-state index in [2.05, 4.69) is 39.8 Å². The number of aryl methyl sites for hydroxylation is 1. The van der Waals surface area contributed by atoms with Gasteiger partial charge in [0.15, 0.2) is 4.34 Å². The topological polar surface area (TPSA) is 75.2 Å². The zero-order chi connectivity index (χ0) is 21.6. The van der Waals surface area contributed by atoms with Crippen molar-refractivity contribution in [2.24, 2.45) is 5.92 Å². The Morgan fingerprint density at radius 1 is 1.19 bits per heavy atom. The third-order valence-corrected chi connectivity index (χ3v) is 8.24. The number of anilines is 1. The predicted molar refractivity (Wildman–Crippen MR) is 127 cm³/mol. The van der Waals surface area contributed by atoms with Crippen LogP contribution in [0.25, 0.3) is 0 Å². The van der Waals surface area contributed by atoms with Gasteiger partial charge in [0.05, 0.1) is 10.6 Å². The minimum absolute atomic E-state index is 0.137. The van der Waals surface area contributed by atoms with E-state index >= 15 is 0 Å². The van der Waals surface area contributed by atoms with Crippen LogP contribution in [0.5, 0.6) is 0 Å². The molecule has 6 nitrogen and oxygen atoms in total. The Labute approximate surface area is 194 Å². The van der Waals surface area contributed by atoms with Gasteiger partial charge < -0.3 is 4.90 Å². The van der Waals surface area contributed by atoms with E-state index in [-0.39, 0.29) is 11.8 Å². The molecular weight excluding hydrogens is 448 g/mol. The molecule has 0 unspecified atom stereocenters. The molecule has 1 aromatic carbocycles. The molecule has 3 heterocycles. The maximum Gasteiger partial charge on any atom is 0.267 e. The van der Waals surface area contributed by atoms with Gasteiger partial charge in [0.1, 0.15) is 0 Å². The number of carbonyl (C=O) groups excluding carboxylic acids is 2. The number of hydrogen-bond acceptors (Lipinski definition) is 7. The number of benzene rings is 1. The summed E-state index contributed by atoms with van der Waals surface area (Å²) in [4.78, 5) is 27.4. The molecule has 0 radical (unpaired) electrons. The van der Waals surface area contributed by atoms with Crippen LogP contribution in [0.2, 0.25) is 0 Å². The number of piperidine rings is 1. The average molecular weight is 473 g/mol. The Kier molecular flexibility index (Phi) is 7.37. The number of nitrogens with one attached hydrogen (secondary N) is 1. The fourth-order valence-corrected chi connectivity index (χ4v) is 6.02. The van der Waals surface area contributed by atoms with Crippen molar-refractivity contribution in [3.05, 3.63) is 57.8 Å². The number of aromatic nitrogens is 2. The second-order valence-electron chi connectivity index (χ2n) is 7.62. The van der Waals surface area contributed by atoms with Crippen molar-refractivity contribution in [1.82, 2.24) is 15.1 Å². The molecule has 0 atom stereocenters. The number of carbonyl (C=O) groups is 2. The number of likely N-dealkylation sites (tertiary alicyclic amines) is 1. The molecule has 162 valence electrons. The van der Waals surface area contributed by atoms with Crippen molar-refractivity contribution >= 4 is 51.4 Å². The van der Waals surface area contributed by atoms with Crippen LogP contribution in [-0.4, -0.2) is 45.8 Å². The number of hydrogen-bond donors (Lipinski definition) is 1. The van der Waals surface area contributed by atoms with Crippen molar-refractivity contribution in [3.8, 4) is 0 Å². The van der Waals surface area contributed by atoms with E-state index in [1.807, 2.05) is 29.3 Å². The first-order valence-electron chi connectivity index (χ1n) is 10.2. The van der Waals surface area contributed by atoms with Crippen LogP contribution in [0, 0.1) is 12.8 Å². The Morgan fingerprint density at radius 3 is 2.68 bits per heavy atom. The van der Waals surface area contributed by atoms with Gasteiger partial charge >= 0.3 is 0 Å². The van der Waals surface area contributed by atoms with E-state index in [0.29, 0.717) is 26.0 Å². The van der Waals surface area contributed by atoms with E-state index < -0.39 is 0 Å². The average Bonchev–Trinajstić information content (AvgIpc) is 3.42. The summed E-state index contributed by atoms with van der Waals surface area (Å²) in [6.07, 6.45) is 3.17. The molecular formula is C22H24N4O2S3. The molecule has 2 amide bonds. The van der Waals surface area contributed by atoms with E-state index in [9.17, 15) is 9.59 Å². The number of thioether (sulfide) groups is 1. The van der Waals surface area contributed by atoms with Crippen molar-refractivity contribution in [1.29, 1.82) is 0 Å². The highest BCUT2D eigenvalue weighted by Crippen LogP contribution is 2.28. The Morgan fingerprint density at radius 2 is 1.97 bits per heavy atom. The van der Waals surface area contributed by atoms with Gasteiger partial charge in [-0.3, -0.25) is 14.9 Å². The fourth-order valence-electron chi connectivity index (χ4n) is 3.58. The van der Waals surface area contributed by atoms with Crippen LogP contribution in [0.4, 0.5) is 5.13 Å². The highest BCUT2D eigenvalue weighted by atomic mass is 32.2. The maximum absolute atomic E-state index is 12.6. The van der Waals surface area contributed by atoms with Gasteiger partial charge in [0.2, 0.25) is 11.0 Å². The molecule has 1 aliphatic rings. The summed E-state index contributed by atoms with van der Waals surface area (Å²) in [6.45, 7) is 3.58. The Bertz CT molecular complexity index is 1030. The lowest BCUT2D eigenvalue weighted by Crippen LogP contribution is -2.39. The SMILES string of the molecule is Cc1csc(C(=O)Nc2nnc(SCC(=O)N3CCC(Cc4ccccc4)CC3)s2)c1. The van der Waals surface area contributed by atoms with Crippen LogP contribution < -0.4 is 5.32 Å². The van der Waals surface area contributed by atoms with E-state index in [1.165, 1.54) is 40.0 Å². The standard InChI is InChI=1S/C22H24N4O2S3/c1-15-11-18(29-13-15)20(28)23-21-24-25-22(31-21)30-14-19(27)26-9-7-17(8-10-26)12-16-5-3-2-4-6-16/h2-6,11,13,17H,7-10,12,14H2,1H3,(H,23,24,28). The summed E-state index contributed by atoms with van der Waals surface area (Å²) in [5.74, 6) is 0.939. The monoisotopic (exact) mass is 472 g/mol. The zero-order valence-electron chi connectivity index (χ0n) is 17.2. The van der Waals surface area contributed by atoms with Crippen LogP contribution in [0.1, 0.15) is 33.6 Å². The van der Waals surface area contributed by atoms with Gasteiger partial charge in [-0.2, -0.15) is 0 Å². The second kappa shape index (κ2) is 10.4. The summed E-state index contributed by atoms with van der Waals surface area (Å²) in [7, 11) is 0. The van der Waals surface area contributed by atoms with Crippen molar-refractivity contribution in [2.75, 3.05) is 24.2 Å². The molecule has 0 spiro atoms. The molecule has 2 aromatic heterocycles. The first-order chi connectivity index (χ1) is 15.1. The Hall–Kier alpha value is -2.23. The van der Waals surface area contributed by atoms with Crippen LogP contribution >= 0.6 is 34.4 Å². The minimum Gasteiger partial charge on any atom is -0.342 e. The van der Waals surface area contributed by atoms with Crippen molar-refractivity contribution < 1.29 is 9.59 Å². The molecule has 31 heavy (non-hydrogen) atoms. The van der Waals surface area contributed by atoms with Crippen molar-refractivity contribution in [3.63, 3.8) is 0 Å². The smallest absolute Gasteiger partial charge is 0.267 e. The lowest BCUT2D eigenvalue weighted by atomic mass is 9.90. The molecule has 1 N–H and O–H groups in total. The summed E-state index contributed by atoms with van der Waals surface area (Å²) < 4.78 is 0.685. The first-order valence-corrected chi connectivity index (χ1v) is 12.9. The molecule has 4 rings (SSSR count). The fraction of sp³-hybridized carbons (Fsp3) is 0.364. The van der Waals surface area contributed by atoms with Crippen LogP contribution in [0.15, 0.2) is 46.1 Å². The third-order valence-electron chi connectivity index (χ3n) is 5.23. The highest BCUT2D eigenvalue weighted by molar-refractivity contribution is 8.01. The lowest BCUT2D eigenvalue weighted by molar-refractivity contribution is -0.129. The zero-order valence-corrected chi connectivity index (χ0v) is 19.7. The lowest BCUT2D eigenvalue weighted by Gasteiger charge is -2.32. The largest absolute Gasteiger partial charge is 0.342 e. The second-order valence-corrected chi connectivity index (χ2v) is 10.7. The Balaban J connectivity index is 1.20. The summed E-state index contributed by atoms with van der Waals surface area (Å²) in [6, 6.07) is 12.4. The summed E-state index contributed by atoms with van der Waals surface area (Å²) in [5, 5.41) is 13.3. The van der Waals surface area contributed by atoms with Gasteiger partial charge in [-0.15, -0.1) is 21.5 Å². The molecule has 1 fully saturated rings. The van der Waals surface area contributed by atoms with Gasteiger partial charge in [-0.25, -0.2) is 0 Å². The summed E-state index contributed by atoms with van der Waals surface area (Å²) in [5.41, 5.74) is 2.43. The number of rotatable bonds is 7. The number of nitrogens with zero attached hydrogens (tertiary/aromatic N) is 3. The van der Waals surface area contributed by atoms with E-state index in [1.54, 1.807) is 0 Å². The quantitative estimate of drug-likeness (QED) is 0.397. The first kappa shape index (κ1) is 22.0. The molecule has 1 aliphatic heterocycles. The molecule has 0 saturated carbocycles. The van der Waals surface area contributed by atoms with E-state index in [4.69, 9.17) is 0 Å². The normalized spacial score (nSPS) is 14.5. The third kappa shape index (κ3) is 6.15. The van der Waals surface area contributed by atoms with Crippen molar-refractivity contribution in [2.45, 2.75) is 30.5 Å². The molecule has 0 aliphatic carbocycles. The van der Waals surface area contributed by atoms with Gasteiger partial charge in [-0.05, 0) is 54.7 Å². The highest BCUT2D eigenvalue weighted by Gasteiger charge is 2.23. The van der Waals surface area contributed by atoms with Gasteiger partial charge in [0.25, 0.3) is 5.91 Å².